The minimum atomic E-state index is -0.717. The molecule has 1 fully saturated rings. The molecule has 1 aliphatic heterocycles. The maximum absolute atomic E-state index is 10.8. The summed E-state index contributed by atoms with van der Waals surface area (Å²) in [4.78, 5) is 12.9. The number of aliphatic carboxylic acids is 1. The van der Waals surface area contributed by atoms with Gasteiger partial charge < -0.3 is 10.2 Å². The number of hydrogen-bond acceptors (Lipinski definition) is 3. The molecule has 4 nitrogen and oxygen atoms in total. The second kappa shape index (κ2) is 4.75. The minimum Gasteiger partial charge on any atom is -0.481 e. The predicted octanol–water partition coefficient (Wildman–Crippen LogP) is 0.552. The van der Waals surface area contributed by atoms with E-state index in [2.05, 4.69) is 4.90 Å². The predicted molar refractivity (Wildman–Crippen MR) is 53.1 cm³/mol. The van der Waals surface area contributed by atoms with Gasteiger partial charge in [-0.25, -0.2) is 0 Å². The van der Waals surface area contributed by atoms with Crippen LogP contribution in [-0.2, 0) is 4.79 Å². The van der Waals surface area contributed by atoms with E-state index in [0.29, 0.717) is 13.0 Å². The normalized spacial score (nSPS) is 30.5. The lowest BCUT2D eigenvalue weighted by molar-refractivity contribution is -0.142. The fraction of sp³-hybridized carbons (Fsp3) is 0.900. The molecule has 0 amide bonds. The van der Waals surface area contributed by atoms with Crippen LogP contribution in [0.15, 0.2) is 0 Å². The average Bonchev–Trinajstić information content (AvgIpc) is 2.48. The smallest absolute Gasteiger partial charge is 0.308 e. The highest BCUT2D eigenvalue weighted by atomic mass is 16.4. The Morgan fingerprint density at radius 2 is 2.29 bits per heavy atom. The van der Waals surface area contributed by atoms with Gasteiger partial charge in [-0.1, -0.05) is 6.92 Å². The van der Waals surface area contributed by atoms with Crippen molar-refractivity contribution in [3.63, 3.8) is 0 Å². The van der Waals surface area contributed by atoms with E-state index < -0.39 is 5.97 Å². The van der Waals surface area contributed by atoms with Gasteiger partial charge in [0.25, 0.3) is 0 Å². The van der Waals surface area contributed by atoms with Crippen LogP contribution in [0.4, 0.5) is 0 Å². The molecule has 0 aromatic rings. The van der Waals surface area contributed by atoms with Crippen LogP contribution in [0.3, 0.4) is 0 Å². The van der Waals surface area contributed by atoms with Gasteiger partial charge in [0.05, 0.1) is 12.0 Å². The third-order valence-electron chi connectivity index (χ3n) is 3.12. The fourth-order valence-electron chi connectivity index (χ4n) is 1.99. The van der Waals surface area contributed by atoms with Crippen molar-refractivity contribution in [1.82, 2.24) is 4.90 Å². The van der Waals surface area contributed by atoms with Gasteiger partial charge >= 0.3 is 5.97 Å². The van der Waals surface area contributed by atoms with Gasteiger partial charge in [0, 0.05) is 12.6 Å². The Hall–Kier alpha value is -0.610. The van der Waals surface area contributed by atoms with E-state index in [1.165, 1.54) is 0 Å². The second-order valence-electron chi connectivity index (χ2n) is 4.03. The summed E-state index contributed by atoms with van der Waals surface area (Å²) >= 11 is 0. The zero-order valence-corrected chi connectivity index (χ0v) is 8.81. The molecule has 0 saturated carbocycles. The highest BCUT2D eigenvalue weighted by molar-refractivity contribution is 5.71. The number of aliphatic hydroxyl groups excluding tert-OH is 1. The lowest BCUT2D eigenvalue weighted by atomic mass is 10.0. The quantitative estimate of drug-likeness (QED) is 0.697. The lowest BCUT2D eigenvalue weighted by Crippen LogP contribution is -2.37. The third-order valence-corrected chi connectivity index (χ3v) is 3.12. The molecule has 2 N–H and O–H groups in total. The summed E-state index contributed by atoms with van der Waals surface area (Å²) in [6.45, 7) is 5.24. The number of carbonyl (C=O) groups is 1. The van der Waals surface area contributed by atoms with E-state index >= 15 is 0 Å². The number of β-amino-alcohol motifs (C(OH)–C–C–N with tert-alkyl or cyclic N) is 1. The van der Waals surface area contributed by atoms with Gasteiger partial charge in [-0.2, -0.15) is 0 Å². The Labute approximate surface area is 84.5 Å². The van der Waals surface area contributed by atoms with E-state index in [1.54, 1.807) is 0 Å². The molecule has 1 rings (SSSR count). The maximum atomic E-state index is 10.8. The average molecular weight is 201 g/mol. The van der Waals surface area contributed by atoms with Crippen LogP contribution in [0.5, 0.6) is 0 Å². The van der Waals surface area contributed by atoms with Gasteiger partial charge in [-0.3, -0.25) is 9.69 Å². The zero-order chi connectivity index (χ0) is 10.7. The number of aliphatic hydroxyl groups is 1. The molecule has 0 aromatic heterocycles. The van der Waals surface area contributed by atoms with E-state index in [-0.39, 0.29) is 18.1 Å². The first kappa shape index (κ1) is 11.5. The Morgan fingerprint density at radius 1 is 1.64 bits per heavy atom. The van der Waals surface area contributed by atoms with Crippen molar-refractivity contribution >= 4 is 5.97 Å². The van der Waals surface area contributed by atoms with E-state index in [1.807, 2.05) is 13.8 Å². The SMILES string of the molecule is CCC(O)CN1CCC(C(=O)O)C1C. The molecule has 1 aliphatic rings. The van der Waals surface area contributed by atoms with E-state index in [4.69, 9.17) is 5.11 Å². The molecule has 14 heavy (non-hydrogen) atoms. The molecule has 0 spiro atoms. The van der Waals surface area contributed by atoms with Crippen molar-refractivity contribution in [2.75, 3.05) is 13.1 Å². The molecule has 3 atom stereocenters. The summed E-state index contributed by atoms with van der Waals surface area (Å²) in [5, 5.41) is 18.4. The third kappa shape index (κ3) is 2.45. The minimum absolute atomic E-state index is 0.0497. The Morgan fingerprint density at radius 3 is 2.71 bits per heavy atom. The molecule has 3 unspecified atom stereocenters. The number of nitrogens with zero attached hydrogens (tertiary/aromatic N) is 1. The first-order valence-corrected chi connectivity index (χ1v) is 5.21. The largest absolute Gasteiger partial charge is 0.481 e. The standard InChI is InChI=1S/C10H19NO3/c1-3-8(12)6-11-5-4-9(7(11)2)10(13)14/h7-9,12H,3-6H2,1-2H3,(H,13,14). The highest BCUT2D eigenvalue weighted by Crippen LogP contribution is 2.24. The van der Waals surface area contributed by atoms with Crippen LogP contribution in [0.1, 0.15) is 26.7 Å². The molecule has 82 valence electrons. The number of carboxylic acids is 1. The fourth-order valence-corrected chi connectivity index (χ4v) is 1.99. The summed E-state index contributed by atoms with van der Waals surface area (Å²) in [5.74, 6) is -0.981. The first-order chi connectivity index (χ1) is 6.56. The number of rotatable bonds is 4. The van der Waals surface area contributed by atoms with Gasteiger partial charge in [0.2, 0.25) is 0 Å². The second-order valence-corrected chi connectivity index (χ2v) is 4.03. The van der Waals surface area contributed by atoms with Crippen LogP contribution < -0.4 is 0 Å². The van der Waals surface area contributed by atoms with Gasteiger partial charge in [0.1, 0.15) is 0 Å². The maximum Gasteiger partial charge on any atom is 0.308 e. The number of likely N-dealkylation sites (tertiary alicyclic amines) is 1. The van der Waals surface area contributed by atoms with Crippen LogP contribution >= 0.6 is 0 Å². The molecular weight excluding hydrogens is 182 g/mol. The lowest BCUT2D eigenvalue weighted by Gasteiger charge is -2.24. The van der Waals surface area contributed by atoms with Gasteiger partial charge in [-0.05, 0) is 26.3 Å². The summed E-state index contributed by atoms with van der Waals surface area (Å²) in [5.41, 5.74) is 0. The Kier molecular flexibility index (Phi) is 3.89. The Balaban J connectivity index is 2.47. The molecule has 1 saturated heterocycles. The van der Waals surface area contributed by atoms with Crippen LogP contribution in [0, 0.1) is 5.92 Å². The highest BCUT2D eigenvalue weighted by Gasteiger charge is 2.35. The first-order valence-electron chi connectivity index (χ1n) is 5.21. The molecule has 1 heterocycles. The molecule has 0 radical (unpaired) electrons. The van der Waals surface area contributed by atoms with Crippen molar-refractivity contribution in [2.24, 2.45) is 5.92 Å². The molecular formula is C10H19NO3. The summed E-state index contributed by atoms with van der Waals surface area (Å²) in [6, 6.07) is 0.0497. The number of hydrogen-bond donors (Lipinski definition) is 2. The molecule has 0 aromatic carbocycles. The Bertz CT molecular complexity index is 208. The monoisotopic (exact) mass is 201 g/mol. The van der Waals surface area contributed by atoms with E-state index in [9.17, 15) is 9.90 Å². The number of carboxylic acid groups (broad SMARTS) is 1. The van der Waals surface area contributed by atoms with Crippen LogP contribution in [-0.4, -0.2) is 46.3 Å². The van der Waals surface area contributed by atoms with Gasteiger partial charge in [-0.15, -0.1) is 0 Å². The molecule has 4 heteroatoms. The van der Waals surface area contributed by atoms with Crippen LogP contribution in [0.25, 0.3) is 0 Å². The van der Waals surface area contributed by atoms with Crippen molar-refractivity contribution in [1.29, 1.82) is 0 Å². The van der Waals surface area contributed by atoms with Crippen molar-refractivity contribution < 1.29 is 15.0 Å². The summed E-state index contributed by atoms with van der Waals surface area (Å²) in [7, 11) is 0. The molecule has 0 aliphatic carbocycles. The van der Waals surface area contributed by atoms with Crippen molar-refractivity contribution in [3.05, 3.63) is 0 Å². The zero-order valence-electron chi connectivity index (χ0n) is 8.81. The summed E-state index contributed by atoms with van der Waals surface area (Å²) < 4.78 is 0. The van der Waals surface area contributed by atoms with E-state index in [0.717, 1.165) is 13.0 Å². The van der Waals surface area contributed by atoms with Crippen LogP contribution in [0.2, 0.25) is 0 Å². The van der Waals surface area contributed by atoms with Crippen molar-refractivity contribution in [2.45, 2.75) is 38.8 Å². The van der Waals surface area contributed by atoms with Gasteiger partial charge in [0.15, 0.2) is 0 Å². The summed E-state index contributed by atoms with van der Waals surface area (Å²) in [6.07, 6.45) is 1.10. The van der Waals surface area contributed by atoms with Crippen molar-refractivity contribution in [3.8, 4) is 0 Å². The topological polar surface area (TPSA) is 60.8 Å². The molecule has 0 bridgehead atoms.